The third kappa shape index (κ3) is 4.84. The number of ether oxygens (including phenoxy) is 2. The van der Waals surface area contributed by atoms with E-state index in [2.05, 4.69) is 15.1 Å². The van der Waals surface area contributed by atoms with Crippen LogP contribution in [0.15, 0.2) is 28.8 Å². The van der Waals surface area contributed by atoms with E-state index in [0.29, 0.717) is 23.0 Å². The lowest BCUT2D eigenvalue weighted by molar-refractivity contribution is 0.0528. The number of methoxy groups -OCH3 is 1. The summed E-state index contributed by atoms with van der Waals surface area (Å²) in [6.07, 6.45) is -0.221. The Morgan fingerprint density at radius 1 is 1.17 bits per heavy atom. The van der Waals surface area contributed by atoms with E-state index in [-0.39, 0.29) is 17.4 Å². The molecule has 0 spiro atoms. The quantitative estimate of drug-likeness (QED) is 0.573. The fourth-order valence-corrected chi connectivity index (χ4v) is 2.99. The molecule has 8 nitrogen and oxygen atoms in total. The Bertz CT molecular complexity index is 992. The highest BCUT2D eigenvalue weighted by Gasteiger charge is 2.18. The molecule has 0 bridgehead atoms. The summed E-state index contributed by atoms with van der Waals surface area (Å²) in [6.45, 7) is 3.40. The number of nitrogens with zero attached hydrogens (tertiary/aromatic N) is 3. The minimum absolute atomic E-state index is 0.126. The zero-order valence-corrected chi connectivity index (χ0v) is 17.1. The van der Waals surface area contributed by atoms with Gasteiger partial charge in [0.15, 0.2) is 11.5 Å². The van der Waals surface area contributed by atoms with Crippen LogP contribution in [0.3, 0.4) is 0 Å². The van der Waals surface area contributed by atoms with Gasteiger partial charge in [-0.15, -0.1) is 0 Å². The molecule has 1 atom stereocenters. The van der Waals surface area contributed by atoms with Gasteiger partial charge in [-0.3, -0.25) is 4.98 Å². The highest BCUT2D eigenvalue weighted by atomic mass is 35.5. The van der Waals surface area contributed by atoms with Gasteiger partial charge in [0.25, 0.3) is 5.89 Å². The van der Waals surface area contributed by atoms with Gasteiger partial charge in [-0.1, -0.05) is 23.7 Å². The third-order valence-electron chi connectivity index (χ3n) is 4.16. The molecule has 0 aliphatic heterocycles. The van der Waals surface area contributed by atoms with Gasteiger partial charge in [-0.25, -0.2) is 0 Å². The number of rotatable bonds is 8. The maximum Gasteiger partial charge on any atom is 0.258 e. The van der Waals surface area contributed by atoms with E-state index in [1.165, 1.54) is 7.11 Å². The lowest BCUT2D eigenvalue weighted by Gasteiger charge is -2.15. The van der Waals surface area contributed by atoms with Crippen molar-refractivity contribution in [3.8, 4) is 34.3 Å². The lowest BCUT2D eigenvalue weighted by Crippen LogP contribution is -2.21. The Hall–Kier alpha value is -2.68. The molecule has 0 saturated carbocycles. The first-order chi connectivity index (χ1) is 13.9. The number of pyridine rings is 1. The standard InChI is InChI=1S/C20H22ClN3O5/c1-4-14-6-13(5-11(2)22-14)20-23-19(24-29-20)12-7-16(21)18(17(8-12)27-3)28-10-15(26)9-25/h5-8,15,25-26H,4,9-10H2,1-3H3. The Balaban J connectivity index is 1.92. The van der Waals surface area contributed by atoms with Gasteiger partial charge in [0.1, 0.15) is 12.7 Å². The molecular formula is C20H22ClN3O5. The van der Waals surface area contributed by atoms with Gasteiger partial charge >= 0.3 is 0 Å². The summed E-state index contributed by atoms with van der Waals surface area (Å²) in [5.74, 6) is 1.32. The number of aliphatic hydroxyl groups is 2. The minimum Gasteiger partial charge on any atom is -0.493 e. The van der Waals surface area contributed by atoms with Crippen LogP contribution in [0, 0.1) is 6.92 Å². The fourth-order valence-electron chi connectivity index (χ4n) is 2.72. The molecule has 1 unspecified atom stereocenters. The van der Waals surface area contributed by atoms with Crippen molar-refractivity contribution < 1.29 is 24.2 Å². The zero-order valence-electron chi connectivity index (χ0n) is 16.3. The lowest BCUT2D eigenvalue weighted by atomic mass is 10.1. The molecule has 29 heavy (non-hydrogen) atoms. The Morgan fingerprint density at radius 2 is 1.97 bits per heavy atom. The molecular weight excluding hydrogens is 398 g/mol. The number of benzene rings is 1. The molecule has 0 aliphatic rings. The normalized spacial score (nSPS) is 12.1. The van der Waals surface area contributed by atoms with Crippen LogP contribution in [0.2, 0.25) is 5.02 Å². The molecule has 0 saturated heterocycles. The average Bonchev–Trinajstić information content (AvgIpc) is 3.21. The number of aromatic nitrogens is 3. The van der Waals surface area contributed by atoms with Crippen LogP contribution in [-0.2, 0) is 6.42 Å². The van der Waals surface area contributed by atoms with Crippen LogP contribution in [0.1, 0.15) is 18.3 Å². The number of aryl methyl sites for hydroxylation is 2. The summed E-state index contributed by atoms with van der Waals surface area (Å²) in [7, 11) is 1.47. The van der Waals surface area contributed by atoms with Crippen LogP contribution in [-0.4, -0.2) is 51.8 Å². The highest BCUT2D eigenvalue weighted by Crippen LogP contribution is 2.39. The summed E-state index contributed by atoms with van der Waals surface area (Å²) < 4.78 is 16.3. The van der Waals surface area contributed by atoms with E-state index in [0.717, 1.165) is 23.4 Å². The highest BCUT2D eigenvalue weighted by molar-refractivity contribution is 6.32. The monoisotopic (exact) mass is 419 g/mol. The summed E-state index contributed by atoms with van der Waals surface area (Å²) in [4.78, 5) is 8.92. The van der Waals surface area contributed by atoms with E-state index in [4.69, 9.17) is 30.7 Å². The number of hydrogen-bond acceptors (Lipinski definition) is 8. The van der Waals surface area contributed by atoms with Gasteiger partial charge in [0.05, 0.1) is 18.7 Å². The van der Waals surface area contributed by atoms with Gasteiger partial charge < -0.3 is 24.2 Å². The Labute approximate surface area is 173 Å². The second-order valence-corrected chi connectivity index (χ2v) is 6.81. The minimum atomic E-state index is -1.02. The van der Waals surface area contributed by atoms with Crippen molar-refractivity contribution in [2.75, 3.05) is 20.3 Å². The number of hydrogen-bond donors (Lipinski definition) is 2. The van der Waals surface area contributed by atoms with Crippen molar-refractivity contribution in [2.24, 2.45) is 0 Å². The molecule has 0 radical (unpaired) electrons. The average molecular weight is 420 g/mol. The van der Waals surface area contributed by atoms with Crippen LogP contribution in [0.5, 0.6) is 11.5 Å². The summed E-state index contributed by atoms with van der Waals surface area (Å²) in [5.41, 5.74) is 3.19. The molecule has 1 aromatic carbocycles. The first-order valence-corrected chi connectivity index (χ1v) is 9.44. The Kier molecular flexibility index (Phi) is 6.68. The van der Waals surface area contributed by atoms with Crippen molar-refractivity contribution in [2.45, 2.75) is 26.4 Å². The molecule has 2 heterocycles. The summed E-state index contributed by atoms with van der Waals surface area (Å²) in [6, 6.07) is 7.08. The second kappa shape index (κ2) is 9.21. The maximum atomic E-state index is 9.48. The third-order valence-corrected chi connectivity index (χ3v) is 4.44. The fraction of sp³-hybridized carbons (Fsp3) is 0.350. The second-order valence-electron chi connectivity index (χ2n) is 6.40. The van der Waals surface area contributed by atoms with Crippen molar-refractivity contribution >= 4 is 11.6 Å². The van der Waals surface area contributed by atoms with Gasteiger partial charge in [-0.05, 0) is 37.6 Å². The van der Waals surface area contributed by atoms with Gasteiger partial charge in [0, 0.05) is 22.5 Å². The van der Waals surface area contributed by atoms with E-state index >= 15 is 0 Å². The predicted octanol–water partition coefficient (Wildman–Crippen LogP) is 3.06. The van der Waals surface area contributed by atoms with Crippen LogP contribution in [0.25, 0.3) is 22.8 Å². The maximum absolute atomic E-state index is 9.48. The molecule has 3 rings (SSSR count). The van der Waals surface area contributed by atoms with Crippen LogP contribution in [0.4, 0.5) is 0 Å². The van der Waals surface area contributed by atoms with Crippen molar-refractivity contribution in [3.63, 3.8) is 0 Å². The first-order valence-electron chi connectivity index (χ1n) is 9.06. The molecule has 2 aromatic heterocycles. The summed E-state index contributed by atoms with van der Waals surface area (Å²) >= 11 is 6.33. The van der Waals surface area contributed by atoms with Crippen molar-refractivity contribution in [1.29, 1.82) is 0 Å². The smallest absolute Gasteiger partial charge is 0.258 e. The molecule has 0 amide bonds. The number of halogens is 1. The molecule has 3 aromatic rings. The van der Waals surface area contributed by atoms with Crippen LogP contribution < -0.4 is 9.47 Å². The zero-order chi connectivity index (χ0) is 21.0. The van der Waals surface area contributed by atoms with E-state index in [1.54, 1.807) is 12.1 Å². The van der Waals surface area contributed by atoms with E-state index in [9.17, 15) is 5.11 Å². The SMILES string of the molecule is CCc1cc(-c2nc(-c3cc(Cl)c(OCC(O)CO)c(OC)c3)no2)cc(C)n1. The van der Waals surface area contributed by atoms with Crippen LogP contribution >= 0.6 is 11.6 Å². The van der Waals surface area contributed by atoms with E-state index < -0.39 is 12.7 Å². The molecule has 0 fully saturated rings. The molecule has 2 N–H and O–H groups in total. The Morgan fingerprint density at radius 3 is 2.66 bits per heavy atom. The molecule has 9 heteroatoms. The van der Waals surface area contributed by atoms with Gasteiger partial charge in [-0.2, -0.15) is 4.98 Å². The first kappa shape index (κ1) is 21.0. The van der Waals surface area contributed by atoms with Crippen molar-refractivity contribution in [1.82, 2.24) is 15.1 Å². The topological polar surface area (TPSA) is 111 Å². The van der Waals surface area contributed by atoms with Gasteiger partial charge in [0.2, 0.25) is 5.82 Å². The largest absolute Gasteiger partial charge is 0.493 e. The summed E-state index contributed by atoms with van der Waals surface area (Å²) in [5, 5.41) is 22.7. The molecule has 154 valence electrons. The molecule has 0 aliphatic carbocycles. The van der Waals surface area contributed by atoms with Crippen molar-refractivity contribution in [3.05, 3.63) is 40.7 Å². The predicted molar refractivity (Wildman–Crippen MR) is 107 cm³/mol. The number of aliphatic hydroxyl groups excluding tert-OH is 2. The van der Waals surface area contributed by atoms with E-state index in [1.807, 2.05) is 26.0 Å².